The first-order valence-corrected chi connectivity index (χ1v) is 9.61. The topological polar surface area (TPSA) is 38.3 Å². The van der Waals surface area contributed by atoms with Gasteiger partial charge < -0.3 is 10.1 Å². The number of hydrogen-bond donors (Lipinski definition) is 1. The fourth-order valence-corrected chi connectivity index (χ4v) is 4.25. The highest BCUT2D eigenvalue weighted by Gasteiger charge is 2.29. The van der Waals surface area contributed by atoms with Crippen molar-refractivity contribution >= 4 is 11.5 Å². The molecule has 0 unspecified atom stereocenters. The lowest BCUT2D eigenvalue weighted by Crippen LogP contribution is -2.44. The van der Waals surface area contributed by atoms with E-state index in [1.807, 2.05) is 6.08 Å². The quantitative estimate of drug-likeness (QED) is 0.633. The summed E-state index contributed by atoms with van der Waals surface area (Å²) in [5, 5.41) is 3.59. The summed E-state index contributed by atoms with van der Waals surface area (Å²) in [5.74, 6) is 1.36. The molecule has 2 aliphatic rings. The highest BCUT2D eigenvalue weighted by atomic mass is 16.5. The van der Waals surface area contributed by atoms with E-state index in [1.54, 1.807) is 7.11 Å². The molecule has 1 N–H and O–H groups in total. The third-order valence-corrected chi connectivity index (χ3v) is 5.56. The standard InChI is InChI=1S/C22H31NO2/c1-15-11-17-14-22(2,3)23-19(18(17)12-21(15)25-4)13-20(24)16-9-7-5-6-8-10-16/h11-13,16,23H,5-10,14H2,1-4H3/b19-13-. The van der Waals surface area contributed by atoms with Crippen LogP contribution in [0.5, 0.6) is 5.75 Å². The Morgan fingerprint density at radius 2 is 1.88 bits per heavy atom. The van der Waals surface area contributed by atoms with Gasteiger partial charge in [0.25, 0.3) is 0 Å². The van der Waals surface area contributed by atoms with Gasteiger partial charge in [0.1, 0.15) is 5.75 Å². The van der Waals surface area contributed by atoms with Crippen LogP contribution in [0.4, 0.5) is 0 Å². The molecule has 0 atom stereocenters. The maximum Gasteiger partial charge on any atom is 0.160 e. The number of benzene rings is 1. The largest absolute Gasteiger partial charge is 0.496 e. The lowest BCUT2D eigenvalue weighted by molar-refractivity contribution is -0.118. The molecular weight excluding hydrogens is 310 g/mol. The van der Waals surface area contributed by atoms with E-state index in [9.17, 15) is 4.79 Å². The van der Waals surface area contributed by atoms with Gasteiger partial charge in [0.05, 0.1) is 7.11 Å². The zero-order valence-corrected chi connectivity index (χ0v) is 16.1. The number of hydrogen-bond acceptors (Lipinski definition) is 3. The molecule has 0 saturated heterocycles. The van der Waals surface area contributed by atoms with Gasteiger partial charge in [-0.1, -0.05) is 31.7 Å². The van der Waals surface area contributed by atoms with E-state index in [1.165, 1.54) is 31.2 Å². The van der Waals surface area contributed by atoms with E-state index < -0.39 is 0 Å². The molecule has 0 spiro atoms. The SMILES string of the molecule is COc1cc2c(cc1C)CC(C)(C)N/C2=C\C(=O)C1CCCCCC1. The molecule has 1 aromatic carbocycles. The summed E-state index contributed by atoms with van der Waals surface area (Å²) in [6.07, 6.45) is 9.79. The second-order valence-electron chi connectivity index (χ2n) is 8.31. The minimum atomic E-state index is -0.0520. The van der Waals surface area contributed by atoms with Crippen molar-refractivity contribution in [2.24, 2.45) is 5.92 Å². The van der Waals surface area contributed by atoms with Crippen LogP contribution in [0, 0.1) is 12.8 Å². The van der Waals surface area contributed by atoms with Crippen LogP contribution >= 0.6 is 0 Å². The van der Waals surface area contributed by atoms with Crippen molar-refractivity contribution in [2.45, 2.75) is 71.3 Å². The fourth-order valence-electron chi connectivity index (χ4n) is 4.25. The summed E-state index contributed by atoms with van der Waals surface area (Å²) in [5.41, 5.74) is 4.46. The molecule has 0 bridgehead atoms. The second kappa shape index (κ2) is 7.23. The van der Waals surface area contributed by atoms with Crippen LogP contribution in [0.1, 0.15) is 69.1 Å². The van der Waals surface area contributed by atoms with Crippen molar-refractivity contribution in [2.75, 3.05) is 7.11 Å². The van der Waals surface area contributed by atoms with E-state index in [2.05, 4.69) is 38.2 Å². The summed E-state index contributed by atoms with van der Waals surface area (Å²) in [4.78, 5) is 12.9. The highest BCUT2D eigenvalue weighted by Crippen LogP contribution is 2.35. The number of allylic oxidation sites excluding steroid dienone is 1. The van der Waals surface area contributed by atoms with Crippen LogP contribution in [-0.4, -0.2) is 18.4 Å². The molecule has 0 amide bonds. The summed E-state index contributed by atoms with van der Waals surface area (Å²) in [7, 11) is 1.70. The molecule has 1 saturated carbocycles. The zero-order chi connectivity index (χ0) is 18.0. The number of fused-ring (bicyclic) bond motifs is 1. The van der Waals surface area contributed by atoms with Crippen molar-refractivity contribution in [1.29, 1.82) is 0 Å². The van der Waals surface area contributed by atoms with Crippen LogP contribution in [0.3, 0.4) is 0 Å². The molecule has 25 heavy (non-hydrogen) atoms. The van der Waals surface area contributed by atoms with Gasteiger partial charge in [-0.25, -0.2) is 0 Å². The van der Waals surface area contributed by atoms with Gasteiger partial charge in [0.15, 0.2) is 5.78 Å². The summed E-state index contributed by atoms with van der Waals surface area (Å²) < 4.78 is 5.51. The monoisotopic (exact) mass is 341 g/mol. The minimum absolute atomic E-state index is 0.0520. The Bertz CT molecular complexity index is 680. The minimum Gasteiger partial charge on any atom is -0.496 e. The van der Waals surface area contributed by atoms with Gasteiger partial charge in [-0.2, -0.15) is 0 Å². The Hall–Kier alpha value is -1.77. The van der Waals surface area contributed by atoms with Crippen molar-refractivity contribution in [3.05, 3.63) is 34.9 Å². The van der Waals surface area contributed by atoms with E-state index >= 15 is 0 Å². The number of rotatable bonds is 3. The average molecular weight is 341 g/mol. The molecule has 1 heterocycles. The van der Waals surface area contributed by atoms with Crippen LogP contribution in [0.15, 0.2) is 18.2 Å². The second-order valence-corrected chi connectivity index (χ2v) is 8.31. The van der Waals surface area contributed by atoms with Gasteiger partial charge in [0.2, 0.25) is 0 Å². The highest BCUT2D eigenvalue weighted by molar-refractivity contribution is 5.98. The number of carbonyl (C=O) groups is 1. The molecule has 3 heteroatoms. The van der Waals surface area contributed by atoms with Crippen molar-refractivity contribution in [1.82, 2.24) is 5.32 Å². The lowest BCUT2D eigenvalue weighted by atomic mass is 9.84. The number of ketones is 1. The van der Waals surface area contributed by atoms with E-state index in [-0.39, 0.29) is 17.2 Å². The molecular formula is C22H31NO2. The Balaban J connectivity index is 1.96. The molecule has 1 aromatic rings. The molecule has 3 nitrogen and oxygen atoms in total. The predicted octanol–water partition coefficient (Wildman–Crippen LogP) is 4.81. The maximum atomic E-state index is 12.9. The van der Waals surface area contributed by atoms with Crippen LogP contribution in [0.25, 0.3) is 5.70 Å². The average Bonchev–Trinajstić information content (AvgIpc) is 2.82. The first kappa shape index (κ1) is 18.0. The number of aryl methyl sites for hydroxylation is 1. The molecule has 136 valence electrons. The van der Waals surface area contributed by atoms with Gasteiger partial charge in [-0.15, -0.1) is 0 Å². The number of methoxy groups -OCH3 is 1. The zero-order valence-electron chi connectivity index (χ0n) is 16.1. The van der Waals surface area contributed by atoms with Crippen molar-refractivity contribution < 1.29 is 9.53 Å². The third-order valence-electron chi connectivity index (χ3n) is 5.56. The Morgan fingerprint density at radius 1 is 1.20 bits per heavy atom. The third kappa shape index (κ3) is 4.08. The first-order chi connectivity index (χ1) is 11.9. The molecule has 0 radical (unpaired) electrons. The molecule has 1 aliphatic heterocycles. The summed E-state index contributed by atoms with van der Waals surface area (Å²) in [6.45, 7) is 6.47. The molecule has 0 aromatic heterocycles. The van der Waals surface area contributed by atoms with E-state index in [0.717, 1.165) is 41.8 Å². The molecule has 1 aliphatic carbocycles. The van der Waals surface area contributed by atoms with Crippen LogP contribution in [-0.2, 0) is 11.2 Å². The van der Waals surface area contributed by atoms with Crippen LogP contribution < -0.4 is 10.1 Å². The lowest BCUT2D eigenvalue weighted by Gasteiger charge is -2.36. The summed E-state index contributed by atoms with van der Waals surface area (Å²) >= 11 is 0. The maximum absolute atomic E-state index is 12.9. The number of carbonyl (C=O) groups excluding carboxylic acids is 1. The predicted molar refractivity (Wildman–Crippen MR) is 103 cm³/mol. The molecule has 1 fully saturated rings. The van der Waals surface area contributed by atoms with E-state index in [0.29, 0.717) is 0 Å². The van der Waals surface area contributed by atoms with Crippen LogP contribution in [0.2, 0.25) is 0 Å². The smallest absolute Gasteiger partial charge is 0.160 e. The van der Waals surface area contributed by atoms with Crippen molar-refractivity contribution in [3.8, 4) is 5.75 Å². The van der Waals surface area contributed by atoms with Gasteiger partial charge >= 0.3 is 0 Å². The van der Waals surface area contributed by atoms with Gasteiger partial charge in [-0.05, 0) is 57.2 Å². The normalized spacial score (nSPS) is 22.0. The number of nitrogens with one attached hydrogen (secondary N) is 1. The Kier molecular flexibility index (Phi) is 5.21. The number of ether oxygens (including phenoxy) is 1. The fraction of sp³-hybridized carbons (Fsp3) is 0.591. The first-order valence-electron chi connectivity index (χ1n) is 9.61. The van der Waals surface area contributed by atoms with Gasteiger partial charge in [-0.3, -0.25) is 4.79 Å². The Labute approximate surface area is 151 Å². The van der Waals surface area contributed by atoms with E-state index in [4.69, 9.17) is 4.74 Å². The molecule has 3 rings (SSSR count). The van der Waals surface area contributed by atoms with Crippen molar-refractivity contribution in [3.63, 3.8) is 0 Å². The Morgan fingerprint density at radius 3 is 2.52 bits per heavy atom. The van der Waals surface area contributed by atoms with Gasteiger partial charge in [0, 0.05) is 28.8 Å². The summed E-state index contributed by atoms with van der Waals surface area (Å²) in [6, 6.07) is 4.29.